The molecule has 4 heteroatoms. The maximum Gasteiger partial charge on any atom is 0.225 e. The van der Waals surface area contributed by atoms with Crippen LogP contribution in [0.5, 0.6) is 0 Å². The van der Waals surface area contributed by atoms with E-state index in [2.05, 4.69) is 29.6 Å². The van der Waals surface area contributed by atoms with Crippen LogP contribution in [0, 0.1) is 5.92 Å². The van der Waals surface area contributed by atoms with E-state index >= 15 is 0 Å². The van der Waals surface area contributed by atoms with Gasteiger partial charge in [-0.2, -0.15) is 0 Å². The number of aryl methyl sites for hydroxylation is 1. The Labute approximate surface area is 132 Å². The average Bonchev–Trinajstić information content (AvgIpc) is 2.90. The quantitative estimate of drug-likeness (QED) is 0.786. The van der Waals surface area contributed by atoms with Crippen molar-refractivity contribution in [3.8, 4) is 0 Å². The van der Waals surface area contributed by atoms with E-state index in [0.29, 0.717) is 19.5 Å². The molecule has 1 saturated heterocycles. The highest BCUT2D eigenvalue weighted by molar-refractivity contribution is 5.89. The third-order valence-corrected chi connectivity index (χ3v) is 4.19. The van der Waals surface area contributed by atoms with E-state index in [9.17, 15) is 9.59 Å². The normalized spacial score (nSPS) is 18.0. The minimum Gasteiger partial charge on any atom is -0.356 e. The van der Waals surface area contributed by atoms with Gasteiger partial charge in [-0.05, 0) is 38.7 Å². The number of nitrogens with zero attached hydrogens (tertiary/aromatic N) is 1. The topological polar surface area (TPSA) is 49.4 Å². The molecule has 2 rings (SSSR count). The number of hydrogen-bond donors (Lipinski definition) is 1. The van der Waals surface area contributed by atoms with Gasteiger partial charge in [0, 0.05) is 25.6 Å². The third-order valence-electron chi connectivity index (χ3n) is 4.19. The molecular formula is C18H26N2O2. The number of benzene rings is 1. The number of likely N-dealkylation sites (tertiary alicyclic amines) is 1. The monoisotopic (exact) mass is 302 g/mol. The van der Waals surface area contributed by atoms with Gasteiger partial charge < -0.3 is 10.2 Å². The molecule has 1 fully saturated rings. The second kappa shape index (κ2) is 7.97. The summed E-state index contributed by atoms with van der Waals surface area (Å²) in [6, 6.07) is 10.6. The van der Waals surface area contributed by atoms with Crippen LogP contribution in [0.4, 0.5) is 0 Å². The maximum absolute atomic E-state index is 12.1. The van der Waals surface area contributed by atoms with Crippen LogP contribution in [0.2, 0.25) is 0 Å². The van der Waals surface area contributed by atoms with E-state index in [1.165, 1.54) is 5.56 Å². The van der Waals surface area contributed by atoms with Crippen molar-refractivity contribution in [3.63, 3.8) is 0 Å². The Bertz CT molecular complexity index is 499. The molecule has 0 unspecified atom stereocenters. The SMILES string of the molecule is CC(C)N1C[C@H](C(=O)NCCCCc2ccccc2)CC1=O. The molecule has 1 aromatic rings. The van der Waals surface area contributed by atoms with E-state index in [0.717, 1.165) is 19.3 Å². The molecule has 0 aromatic heterocycles. The Morgan fingerprint density at radius 2 is 2.00 bits per heavy atom. The first-order valence-corrected chi connectivity index (χ1v) is 8.19. The predicted molar refractivity (Wildman–Crippen MR) is 87.3 cm³/mol. The fourth-order valence-corrected chi connectivity index (χ4v) is 2.86. The Kier molecular flexibility index (Phi) is 5.99. The Balaban J connectivity index is 1.63. The first-order chi connectivity index (χ1) is 10.6. The number of unbranched alkanes of at least 4 members (excludes halogenated alkanes) is 1. The van der Waals surface area contributed by atoms with Crippen LogP contribution in [0.15, 0.2) is 30.3 Å². The van der Waals surface area contributed by atoms with Crippen molar-refractivity contribution in [2.45, 2.75) is 45.6 Å². The van der Waals surface area contributed by atoms with Gasteiger partial charge in [0.2, 0.25) is 11.8 Å². The zero-order chi connectivity index (χ0) is 15.9. The lowest BCUT2D eigenvalue weighted by molar-refractivity contribution is -0.129. The zero-order valence-corrected chi connectivity index (χ0v) is 13.5. The van der Waals surface area contributed by atoms with E-state index in [-0.39, 0.29) is 23.8 Å². The molecule has 0 radical (unpaired) electrons. The van der Waals surface area contributed by atoms with Crippen molar-refractivity contribution < 1.29 is 9.59 Å². The minimum absolute atomic E-state index is 0.0243. The third kappa shape index (κ3) is 4.58. The maximum atomic E-state index is 12.1. The summed E-state index contributed by atoms with van der Waals surface area (Å²) in [6.45, 7) is 5.23. The van der Waals surface area contributed by atoms with Crippen LogP contribution in [0.25, 0.3) is 0 Å². The molecular weight excluding hydrogens is 276 g/mol. The van der Waals surface area contributed by atoms with Crippen LogP contribution in [-0.2, 0) is 16.0 Å². The Morgan fingerprint density at radius 1 is 1.27 bits per heavy atom. The highest BCUT2D eigenvalue weighted by Crippen LogP contribution is 2.20. The lowest BCUT2D eigenvalue weighted by Gasteiger charge is -2.20. The average molecular weight is 302 g/mol. The standard InChI is InChI=1S/C18H26N2O2/c1-14(2)20-13-16(12-17(20)21)18(22)19-11-7-6-10-15-8-4-3-5-9-15/h3-5,8-9,14,16H,6-7,10-13H2,1-2H3,(H,19,22)/t16-/m1/s1. The van der Waals surface area contributed by atoms with Gasteiger partial charge in [-0.1, -0.05) is 30.3 Å². The van der Waals surface area contributed by atoms with Crippen molar-refractivity contribution in [1.29, 1.82) is 0 Å². The van der Waals surface area contributed by atoms with Gasteiger partial charge in [-0.15, -0.1) is 0 Å². The summed E-state index contributed by atoms with van der Waals surface area (Å²) in [5.41, 5.74) is 1.34. The fourth-order valence-electron chi connectivity index (χ4n) is 2.86. The molecule has 1 aromatic carbocycles. The van der Waals surface area contributed by atoms with Gasteiger partial charge in [0.1, 0.15) is 0 Å². The molecule has 1 aliphatic heterocycles. The lowest BCUT2D eigenvalue weighted by Crippen LogP contribution is -2.35. The lowest BCUT2D eigenvalue weighted by atomic mass is 10.1. The minimum atomic E-state index is -0.177. The summed E-state index contributed by atoms with van der Waals surface area (Å²) in [5, 5.41) is 2.97. The van der Waals surface area contributed by atoms with Gasteiger partial charge >= 0.3 is 0 Å². The van der Waals surface area contributed by atoms with E-state index in [1.807, 2.05) is 19.9 Å². The Morgan fingerprint density at radius 3 is 2.64 bits per heavy atom. The zero-order valence-electron chi connectivity index (χ0n) is 13.5. The number of hydrogen-bond acceptors (Lipinski definition) is 2. The van der Waals surface area contributed by atoms with Gasteiger partial charge in [0.25, 0.3) is 0 Å². The Hall–Kier alpha value is -1.84. The highest BCUT2D eigenvalue weighted by Gasteiger charge is 2.35. The molecule has 0 spiro atoms. The summed E-state index contributed by atoms with van der Waals surface area (Å²) in [7, 11) is 0. The van der Waals surface area contributed by atoms with Gasteiger partial charge in [0.05, 0.1) is 5.92 Å². The number of carbonyl (C=O) groups excluding carboxylic acids is 2. The summed E-state index contributed by atoms with van der Waals surface area (Å²) < 4.78 is 0. The summed E-state index contributed by atoms with van der Waals surface area (Å²) in [4.78, 5) is 25.7. The van der Waals surface area contributed by atoms with Gasteiger partial charge in [-0.3, -0.25) is 9.59 Å². The van der Waals surface area contributed by atoms with E-state index < -0.39 is 0 Å². The second-order valence-electron chi connectivity index (χ2n) is 6.27. The van der Waals surface area contributed by atoms with Crippen molar-refractivity contribution >= 4 is 11.8 Å². The summed E-state index contributed by atoms with van der Waals surface area (Å²) in [6.07, 6.45) is 3.43. The van der Waals surface area contributed by atoms with E-state index in [1.54, 1.807) is 4.90 Å². The molecule has 120 valence electrons. The largest absolute Gasteiger partial charge is 0.356 e. The molecule has 1 aliphatic rings. The number of amides is 2. The molecule has 0 aliphatic carbocycles. The first-order valence-electron chi connectivity index (χ1n) is 8.19. The van der Waals surface area contributed by atoms with E-state index in [4.69, 9.17) is 0 Å². The second-order valence-corrected chi connectivity index (χ2v) is 6.27. The molecule has 4 nitrogen and oxygen atoms in total. The molecule has 0 saturated carbocycles. The molecule has 0 bridgehead atoms. The number of carbonyl (C=O) groups is 2. The van der Waals surface area contributed by atoms with Gasteiger partial charge in [0.15, 0.2) is 0 Å². The van der Waals surface area contributed by atoms with Crippen LogP contribution >= 0.6 is 0 Å². The first kappa shape index (κ1) is 16.5. The van der Waals surface area contributed by atoms with Crippen molar-refractivity contribution in [1.82, 2.24) is 10.2 Å². The van der Waals surface area contributed by atoms with Crippen molar-refractivity contribution in [3.05, 3.63) is 35.9 Å². The van der Waals surface area contributed by atoms with Gasteiger partial charge in [-0.25, -0.2) is 0 Å². The van der Waals surface area contributed by atoms with Crippen LogP contribution in [-0.4, -0.2) is 35.8 Å². The van der Waals surface area contributed by atoms with Crippen molar-refractivity contribution in [2.75, 3.05) is 13.1 Å². The number of nitrogens with one attached hydrogen (secondary N) is 1. The summed E-state index contributed by atoms with van der Waals surface area (Å²) >= 11 is 0. The molecule has 22 heavy (non-hydrogen) atoms. The molecule has 1 atom stereocenters. The van der Waals surface area contributed by atoms with Crippen LogP contribution in [0.3, 0.4) is 0 Å². The van der Waals surface area contributed by atoms with Crippen LogP contribution in [0.1, 0.15) is 38.7 Å². The van der Waals surface area contributed by atoms with Crippen LogP contribution < -0.4 is 5.32 Å². The molecule has 1 N–H and O–H groups in total. The summed E-state index contributed by atoms with van der Waals surface area (Å²) in [5.74, 6) is -0.0561. The fraction of sp³-hybridized carbons (Fsp3) is 0.556. The number of rotatable bonds is 7. The van der Waals surface area contributed by atoms with Crippen molar-refractivity contribution in [2.24, 2.45) is 5.92 Å². The smallest absolute Gasteiger partial charge is 0.225 e. The molecule has 2 amide bonds. The highest BCUT2D eigenvalue weighted by atomic mass is 16.2. The molecule has 1 heterocycles. The predicted octanol–water partition coefficient (Wildman–Crippen LogP) is 2.38.